The first kappa shape index (κ1) is 28.4. The molecule has 0 aromatic carbocycles. The summed E-state index contributed by atoms with van der Waals surface area (Å²) in [5, 5.41) is 14.8. The average molecular weight is 437 g/mol. The van der Waals surface area contributed by atoms with Crippen molar-refractivity contribution in [3.63, 3.8) is 0 Å². The number of allylic oxidation sites excluding steroid dienone is 2. The van der Waals surface area contributed by atoms with E-state index < -0.39 is 5.09 Å². The van der Waals surface area contributed by atoms with Crippen molar-refractivity contribution in [3.05, 3.63) is 27.5 Å². The molecule has 0 unspecified atom stereocenters. The topological polar surface area (TPSA) is 92.2 Å². The van der Waals surface area contributed by atoms with Gasteiger partial charge in [-0.15, -0.1) is 0 Å². The molecule has 0 atom stereocenters. The molecule has 0 spiro atoms. The molecule has 0 bridgehead atoms. The van der Waals surface area contributed by atoms with E-state index >= 15 is 0 Å². The molecule has 0 radical (unpaired) electrons. The summed E-state index contributed by atoms with van der Waals surface area (Å²) < 4.78 is 0. The molecule has 0 saturated heterocycles. The summed E-state index contributed by atoms with van der Waals surface area (Å²) in [6, 6.07) is 0. The zero-order valence-corrected chi connectivity index (χ0v) is 16.8. The number of hydrogen-bond acceptors (Lipinski definition) is 4. The molecule has 0 fully saturated rings. The quantitative estimate of drug-likeness (QED) is 0.116. The van der Waals surface area contributed by atoms with Crippen molar-refractivity contribution >= 4 is 0 Å². The van der Waals surface area contributed by atoms with Crippen molar-refractivity contribution in [3.8, 4) is 0 Å². The molecule has 0 heterocycles. The Morgan fingerprint density at radius 3 is 1.46 bits per heavy atom. The third-order valence-electron chi connectivity index (χ3n) is 3.72. The maximum absolute atomic E-state index is 8.25. The number of unbranched alkanes of at least 4 members (excludes halogenated alkanes) is 12. The Hall–Kier alpha value is -0.360. The summed E-state index contributed by atoms with van der Waals surface area (Å²) in [6.45, 7) is 3.14. The number of hydrogen-bond donors (Lipinski definition) is 1. The molecule has 24 heavy (non-hydrogen) atoms. The van der Waals surface area contributed by atoms with Gasteiger partial charge in [-0.1, -0.05) is 76.9 Å². The zero-order chi connectivity index (χ0) is 17.6. The van der Waals surface area contributed by atoms with Crippen LogP contribution in [0.5, 0.6) is 0 Å². The summed E-state index contributed by atoms with van der Waals surface area (Å²) in [5.41, 5.74) is 5.47. The van der Waals surface area contributed by atoms with Crippen molar-refractivity contribution in [2.45, 2.75) is 96.8 Å². The molecular weight excluding hydrogens is 400 g/mol. The van der Waals surface area contributed by atoms with E-state index in [1.807, 2.05) is 0 Å². The summed E-state index contributed by atoms with van der Waals surface area (Å²) in [4.78, 5) is 8.25. The largest absolute Gasteiger partial charge is 1.00 e. The van der Waals surface area contributed by atoms with E-state index in [2.05, 4.69) is 19.1 Å². The van der Waals surface area contributed by atoms with E-state index in [4.69, 9.17) is 21.1 Å². The van der Waals surface area contributed by atoms with Gasteiger partial charge >= 0.3 is 22.4 Å². The molecule has 6 heteroatoms. The first-order chi connectivity index (χ1) is 11.1. The minimum Gasteiger partial charge on any atom is -0.356 e. The van der Waals surface area contributed by atoms with Crippen LogP contribution in [0.4, 0.5) is 0 Å². The Balaban J connectivity index is -0.000000787. The van der Waals surface area contributed by atoms with E-state index in [0.29, 0.717) is 0 Å². The standard InChI is InChI=1S/C18H37N.Ag.NO3/c1-2-3-4-5-6-7-8-9-10-11-12-13-14-15-16-17-18-19;;2-1(3)4/h9-10H,2-8,11-19H2,1H3;;/q;+1;-1/b10-9-;;. The van der Waals surface area contributed by atoms with Gasteiger partial charge in [0.1, 0.15) is 0 Å². The van der Waals surface area contributed by atoms with Crippen LogP contribution in [-0.4, -0.2) is 11.6 Å². The van der Waals surface area contributed by atoms with Gasteiger partial charge in [0, 0.05) is 0 Å². The van der Waals surface area contributed by atoms with E-state index in [1.54, 1.807) is 0 Å². The van der Waals surface area contributed by atoms with Gasteiger partial charge in [0.05, 0.1) is 5.09 Å². The Morgan fingerprint density at radius 2 is 1.08 bits per heavy atom. The molecule has 0 aliphatic rings. The van der Waals surface area contributed by atoms with E-state index in [-0.39, 0.29) is 22.4 Å². The summed E-state index contributed by atoms with van der Waals surface area (Å²) >= 11 is 0. The van der Waals surface area contributed by atoms with Crippen LogP contribution in [0.25, 0.3) is 0 Å². The summed E-state index contributed by atoms with van der Waals surface area (Å²) in [5.74, 6) is 0. The van der Waals surface area contributed by atoms with Crippen LogP contribution in [0.3, 0.4) is 0 Å². The Labute approximate surface area is 164 Å². The van der Waals surface area contributed by atoms with Crippen molar-refractivity contribution in [1.82, 2.24) is 0 Å². The second kappa shape index (κ2) is 27.5. The minimum absolute atomic E-state index is 0. The molecule has 2 N–H and O–H groups in total. The van der Waals surface area contributed by atoms with Gasteiger partial charge in [0.15, 0.2) is 0 Å². The molecule has 0 aliphatic heterocycles. The maximum atomic E-state index is 8.25. The molecule has 0 aromatic rings. The Kier molecular flexibility index (Phi) is 32.6. The fourth-order valence-corrected chi connectivity index (χ4v) is 2.39. The van der Waals surface area contributed by atoms with Crippen molar-refractivity contribution < 1.29 is 27.5 Å². The number of nitrogens with zero attached hydrogens (tertiary/aromatic N) is 1. The van der Waals surface area contributed by atoms with Crippen LogP contribution in [0.15, 0.2) is 12.2 Å². The van der Waals surface area contributed by atoms with E-state index in [0.717, 1.165) is 6.54 Å². The smallest absolute Gasteiger partial charge is 0.356 e. The van der Waals surface area contributed by atoms with Crippen molar-refractivity contribution in [2.24, 2.45) is 5.73 Å². The van der Waals surface area contributed by atoms with Gasteiger partial charge in [0.2, 0.25) is 0 Å². The van der Waals surface area contributed by atoms with Gasteiger partial charge in [-0.3, -0.25) is 0 Å². The molecule has 0 amide bonds. The molecule has 0 rings (SSSR count). The molecule has 148 valence electrons. The van der Waals surface area contributed by atoms with Crippen LogP contribution >= 0.6 is 0 Å². The Morgan fingerprint density at radius 1 is 0.750 bits per heavy atom. The normalized spacial score (nSPS) is 10.1. The van der Waals surface area contributed by atoms with Crippen LogP contribution in [-0.2, 0) is 22.4 Å². The fourth-order valence-electron chi connectivity index (χ4n) is 2.39. The van der Waals surface area contributed by atoms with Crippen molar-refractivity contribution in [1.29, 1.82) is 0 Å². The van der Waals surface area contributed by atoms with Crippen LogP contribution in [0.2, 0.25) is 0 Å². The second-order valence-electron chi connectivity index (χ2n) is 5.95. The first-order valence-electron chi connectivity index (χ1n) is 9.31. The molecule has 0 aliphatic carbocycles. The monoisotopic (exact) mass is 436 g/mol. The van der Waals surface area contributed by atoms with E-state index in [9.17, 15) is 0 Å². The SMILES string of the molecule is CCCCCCCC/C=C\CCCCCCCCN.O=[N+]([O-])[O-].[Ag+]. The summed E-state index contributed by atoms with van der Waals surface area (Å²) in [7, 11) is 0. The van der Waals surface area contributed by atoms with Gasteiger partial charge < -0.3 is 21.1 Å². The van der Waals surface area contributed by atoms with Gasteiger partial charge in [-0.2, -0.15) is 0 Å². The predicted molar refractivity (Wildman–Crippen MR) is 98.9 cm³/mol. The van der Waals surface area contributed by atoms with Crippen LogP contribution in [0, 0.1) is 15.3 Å². The third kappa shape index (κ3) is 37.7. The zero-order valence-electron chi connectivity index (χ0n) is 15.3. The van der Waals surface area contributed by atoms with Crippen molar-refractivity contribution in [2.75, 3.05) is 6.54 Å². The minimum atomic E-state index is -1.75. The third-order valence-corrected chi connectivity index (χ3v) is 3.72. The maximum Gasteiger partial charge on any atom is 1.00 e. The van der Waals surface area contributed by atoms with E-state index in [1.165, 1.54) is 89.9 Å². The second-order valence-corrected chi connectivity index (χ2v) is 5.95. The van der Waals surface area contributed by atoms with Crippen LogP contribution < -0.4 is 5.73 Å². The molecule has 0 saturated carbocycles. The summed E-state index contributed by atoms with van der Waals surface area (Å²) in [6.07, 6.45) is 23.9. The number of nitrogens with two attached hydrogens (primary N) is 1. The number of rotatable bonds is 15. The van der Waals surface area contributed by atoms with Gasteiger partial charge in [0.25, 0.3) is 0 Å². The van der Waals surface area contributed by atoms with Crippen LogP contribution in [0.1, 0.15) is 96.8 Å². The fraction of sp³-hybridized carbons (Fsp3) is 0.889. The molecule has 0 aromatic heterocycles. The molecular formula is C18H37AgN2O3. The van der Waals surface area contributed by atoms with Gasteiger partial charge in [-0.25, -0.2) is 0 Å². The van der Waals surface area contributed by atoms with Gasteiger partial charge in [-0.05, 0) is 38.6 Å². The average Bonchev–Trinajstić information content (AvgIpc) is 2.50. The first-order valence-corrected chi connectivity index (χ1v) is 9.31. The Bertz CT molecular complexity index is 261. The predicted octanol–water partition coefficient (Wildman–Crippen LogP) is 5.74. The molecule has 5 nitrogen and oxygen atoms in total.